The van der Waals surface area contributed by atoms with E-state index in [2.05, 4.69) is 21.5 Å². The number of hydrazine groups is 1. The smallest absolute Gasteiger partial charge is 0.257 e. The number of halogens is 1. The number of anilines is 1. The third kappa shape index (κ3) is 5.65. The molecule has 8 heteroatoms. The molecule has 0 saturated heterocycles. The number of carbonyl (C=O) groups is 2. The van der Waals surface area contributed by atoms with Crippen molar-refractivity contribution < 1.29 is 14.0 Å². The second-order valence-corrected chi connectivity index (χ2v) is 5.09. The molecule has 0 fully saturated rings. The maximum absolute atomic E-state index is 12.8. The van der Waals surface area contributed by atoms with Gasteiger partial charge in [0.25, 0.3) is 11.8 Å². The molecule has 6 nitrogen and oxygen atoms in total. The molecule has 0 heterocycles. The zero-order chi connectivity index (χ0) is 17.4. The first-order valence-electron chi connectivity index (χ1n) is 6.99. The van der Waals surface area contributed by atoms with Gasteiger partial charge >= 0.3 is 0 Å². The second kappa shape index (κ2) is 8.59. The Bertz CT molecular complexity index is 723. The molecule has 0 bridgehead atoms. The van der Waals surface area contributed by atoms with Gasteiger partial charge in [-0.25, -0.2) is 4.39 Å². The Kier molecular flexibility index (Phi) is 6.21. The van der Waals surface area contributed by atoms with E-state index in [-0.39, 0.29) is 23.4 Å². The molecular formula is C16H15FN4O2S. The van der Waals surface area contributed by atoms with Crippen LogP contribution in [0.15, 0.2) is 54.6 Å². The van der Waals surface area contributed by atoms with E-state index in [1.165, 1.54) is 24.3 Å². The van der Waals surface area contributed by atoms with Crippen molar-refractivity contribution in [3.8, 4) is 0 Å². The lowest BCUT2D eigenvalue weighted by atomic mass is 10.2. The molecule has 0 aliphatic heterocycles. The number of thiocarbonyl (C=S) groups is 1. The van der Waals surface area contributed by atoms with Crippen molar-refractivity contribution in [2.45, 2.75) is 0 Å². The van der Waals surface area contributed by atoms with Gasteiger partial charge in [-0.1, -0.05) is 18.2 Å². The number of rotatable bonds is 4. The molecule has 0 saturated carbocycles. The minimum absolute atomic E-state index is 0.129. The monoisotopic (exact) mass is 346 g/mol. The summed E-state index contributed by atoms with van der Waals surface area (Å²) in [4.78, 5) is 23.4. The largest absolute Gasteiger partial charge is 0.343 e. The summed E-state index contributed by atoms with van der Waals surface area (Å²) in [5, 5.41) is 5.38. The minimum Gasteiger partial charge on any atom is -0.343 e. The molecule has 0 unspecified atom stereocenters. The number of hydrogen-bond acceptors (Lipinski definition) is 3. The number of amides is 2. The molecule has 2 rings (SSSR count). The SMILES string of the molecule is O=C(CNC(=O)c1ccccc1)NNC(=S)Nc1ccc(F)cc1. The second-order valence-electron chi connectivity index (χ2n) is 4.68. The lowest BCUT2D eigenvalue weighted by molar-refractivity contribution is -0.120. The summed E-state index contributed by atoms with van der Waals surface area (Å²) in [6.45, 7) is -0.208. The fourth-order valence-corrected chi connectivity index (χ4v) is 1.89. The Balaban J connectivity index is 1.70. The first-order valence-corrected chi connectivity index (χ1v) is 7.40. The molecule has 2 amide bonds. The zero-order valence-corrected chi connectivity index (χ0v) is 13.3. The highest BCUT2D eigenvalue weighted by Crippen LogP contribution is 2.07. The lowest BCUT2D eigenvalue weighted by Crippen LogP contribution is -2.47. The summed E-state index contributed by atoms with van der Waals surface area (Å²) in [5.41, 5.74) is 5.86. The Hall–Kier alpha value is -3.00. The van der Waals surface area contributed by atoms with E-state index >= 15 is 0 Å². The average Bonchev–Trinajstić information content (AvgIpc) is 2.60. The fraction of sp³-hybridized carbons (Fsp3) is 0.0625. The summed E-state index contributed by atoms with van der Waals surface area (Å²) in [5.74, 6) is -1.18. The highest BCUT2D eigenvalue weighted by molar-refractivity contribution is 7.80. The van der Waals surface area contributed by atoms with Gasteiger partial charge in [0.2, 0.25) is 0 Å². The van der Waals surface area contributed by atoms with Crippen LogP contribution in [0.1, 0.15) is 10.4 Å². The van der Waals surface area contributed by atoms with Gasteiger partial charge in [-0.05, 0) is 48.6 Å². The van der Waals surface area contributed by atoms with E-state index in [9.17, 15) is 14.0 Å². The molecule has 0 aliphatic rings. The van der Waals surface area contributed by atoms with Crippen molar-refractivity contribution in [3.05, 3.63) is 66.0 Å². The fourth-order valence-electron chi connectivity index (χ4n) is 1.72. The van der Waals surface area contributed by atoms with Gasteiger partial charge in [0, 0.05) is 11.3 Å². The van der Waals surface area contributed by atoms with E-state index in [1.807, 2.05) is 0 Å². The quantitative estimate of drug-likeness (QED) is 0.499. The third-order valence-corrected chi connectivity index (χ3v) is 3.07. The normalized spacial score (nSPS) is 9.71. The molecule has 24 heavy (non-hydrogen) atoms. The van der Waals surface area contributed by atoms with Crippen molar-refractivity contribution in [2.75, 3.05) is 11.9 Å². The first kappa shape index (κ1) is 17.4. The molecule has 0 aliphatic carbocycles. The molecule has 4 N–H and O–H groups in total. The highest BCUT2D eigenvalue weighted by Gasteiger charge is 2.07. The number of benzene rings is 2. The molecule has 0 aromatic heterocycles. The van der Waals surface area contributed by atoms with E-state index in [0.717, 1.165) is 0 Å². The van der Waals surface area contributed by atoms with Crippen molar-refractivity contribution in [2.24, 2.45) is 0 Å². The number of nitrogens with one attached hydrogen (secondary N) is 4. The Morgan fingerprint density at radius 1 is 0.958 bits per heavy atom. The van der Waals surface area contributed by atoms with E-state index in [1.54, 1.807) is 30.3 Å². The van der Waals surface area contributed by atoms with Gasteiger partial charge in [-0.2, -0.15) is 0 Å². The number of hydrogen-bond donors (Lipinski definition) is 4. The summed E-state index contributed by atoms with van der Waals surface area (Å²) < 4.78 is 12.8. The van der Waals surface area contributed by atoms with Crippen LogP contribution >= 0.6 is 12.2 Å². The number of carbonyl (C=O) groups excluding carboxylic acids is 2. The highest BCUT2D eigenvalue weighted by atomic mass is 32.1. The van der Waals surface area contributed by atoms with Crippen molar-refractivity contribution >= 4 is 34.8 Å². The summed E-state index contributed by atoms with van der Waals surface area (Å²) >= 11 is 4.98. The first-order chi connectivity index (χ1) is 11.5. The van der Waals surface area contributed by atoms with Gasteiger partial charge in [0.05, 0.1) is 6.54 Å². The summed E-state index contributed by atoms with van der Waals surface area (Å²) in [6.07, 6.45) is 0. The Morgan fingerprint density at radius 2 is 1.62 bits per heavy atom. The predicted octanol–water partition coefficient (Wildman–Crippen LogP) is 1.57. The molecule has 2 aromatic carbocycles. The summed E-state index contributed by atoms with van der Waals surface area (Å²) in [7, 11) is 0. The van der Waals surface area contributed by atoms with Crippen molar-refractivity contribution in [1.29, 1.82) is 0 Å². The maximum Gasteiger partial charge on any atom is 0.257 e. The van der Waals surface area contributed by atoms with Crippen LogP contribution < -0.4 is 21.5 Å². The molecule has 0 spiro atoms. The predicted molar refractivity (Wildman–Crippen MR) is 92.7 cm³/mol. The minimum atomic E-state index is -0.470. The molecule has 124 valence electrons. The van der Waals surface area contributed by atoms with Gasteiger partial charge in [0.15, 0.2) is 5.11 Å². The summed E-state index contributed by atoms with van der Waals surface area (Å²) in [6, 6.07) is 14.1. The molecular weight excluding hydrogens is 331 g/mol. The lowest BCUT2D eigenvalue weighted by Gasteiger charge is -2.12. The van der Waals surface area contributed by atoms with Crippen LogP contribution in [0.2, 0.25) is 0 Å². The van der Waals surface area contributed by atoms with Crippen LogP contribution in [0.4, 0.5) is 10.1 Å². The van der Waals surface area contributed by atoms with Crippen LogP contribution in [0.25, 0.3) is 0 Å². The van der Waals surface area contributed by atoms with Crippen LogP contribution in [-0.4, -0.2) is 23.5 Å². The standard InChI is InChI=1S/C16H15FN4O2S/c17-12-6-8-13(9-7-12)19-16(24)21-20-14(22)10-18-15(23)11-4-2-1-3-5-11/h1-9H,10H2,(H,18,23)(H,20,22)(H2,19,21,24). The average molecular weight is 346 g/mol. The van der Waals surface area contributed by atoms with Gasteiger partial charge < -0.3 is 10.6 Å². The Labute approximate surface area is 143 Å². The van der Waals surface area contributed by atoms with Crippen molar-refractivity contribution in [1.82, 2.24) is 16.2 Å². The van der Waals surface area contributed by atoms with E-state index < -0.39 is 5.91 Å². The van der Waals surface area contributed by atoms with Crippen molar-refractivity contribution in [3.63, 3.8) is 0 Å². The van der Waals surface area contributed by atoms with Gasteiger partial charge in [0.1, 0.15) is 5.82 Å². The van der Waals surface area contributed by atoms with Gasteiger partial charge in [-0.3, -0.25) is 20.4 Å². The van der Waals surface area contributed by atoms with Crippen LogP contribution in [0.5, 0.6) is 0 Å². The van der Waals surface area contributed by atoms with Gasteiger partial charge in [-0.15, -0.1) is 0 Å². The third-order valence-electron chi connectivity index (χ3n) is 2.86. The molecule has 2 aromatic rings. The molecule has 0 radical (unpaired) electrons. The van der Waals surface area contributed by atoms with E-state index in [4.69, 9.17) is 12.2 Å². The maximum atomic E-state index is 12.8. The molecule has 0 atom stereocenters. The van der Waals surface area contributed by atoms with Crippen LogP contribution in [-0.2, 0) is 4.79 Å². The van der Waals surface area contributed by atoms with Crippen LogP contribution in [0.3, 0.4) is 0 Å². The van der Waals surface area contributed by atoms with Crippen LogP contribution in [0, 0.1) is 5.82 Å². The Morgan fingerprint density at radius 3 is 2.29 bits per heavy atom. The topological polar surface area (TPSA) is 82.3 Å². The zero-order valence-electron chi connectivity index (χ0n) is 12.5. The van der Waals surface area contributed by atoms with E-state index in [0.29, 0.717) is 11.3 Å².